The molecule has 19 heavy (non-hydrogen) atoms. The van der Waals surface area contributed by atoms with Crippen LogP contribution in [0.2, 0.25) is 5.02 Å². The highest BCUT2D eigenvalue weighted by molar-refractivity contribution is 6.30. The summed E-state index contributed by atoms with van der Waals surface area (Å²) in [6, 6.07) is 8.46. The van der Waals surface area contributed by atoms with Crippen molar-refractivity contribution in [2.24, 2.45) is 0 Å². The van der Waals surface area contributed by atoms with Crippen LogP contribution in [-0.2, 0) is 4.74 Å². The maximum atomic E-state index is 6.09. The fourth-order valence-electron chi connectivity index (χ4n) is 2.02. The smallest absolute Gasteiger partial charge is 0.0623 e. The summed E-state index contributed by atoms with van der Waals surface area (Å²) >= 11 is 6.09. The Labute approximate surface area is 122 Å². The van der Waals surface area contributed by atoms with Crippen LogP contribution >= 0.6 is 11.6 Å². The van der Waals surface area contributed by atoms with Gasteiger partial charge in [-0.15, -0.1) is 0 Å². The van der Waals surface area contributed by atoms with Gasteiger partial charge in [0.25, 0.3) is 0 Å². The van der Waals surface area contributed by atoms with Crippen LogP contribution in [0.15, 0.2) is 24.3 Å². The van der Waals surface area contributed by atoms with Gasteiger partial charge in [-0.1, -0.05) is 30.7 Å². The third-order valence-electron chi connectivity index (χ3n) is 3.48. The molecule has 1 atom stereocenters. The second-order valence-corrected chi connectivity index (χ2v) is 6.00. The third kappa shape index (κ3) is 5.94. The van der Waals surface area contributed by atoms with Gasteiger partial charge in [0, 0.05) is 18.2 Å². The molecule has 0 saturated carbocycles. The van der Waals surface area contributed by atoms with Crippen LogP contribution in [0.5, 0.6) is 0 Å². The fraction of sp³-hybridized carbons (Fsp3) is 0.625. The minimum atomic E-state index is -0.0787. The largest absolute Gasteiger partial charge is 0.379 e. The first-order valence-corrected chi connectivity index (χ1v) is 7.40. The Morgan fingerprint density at radius 2 is 2.11 bits per heavy atom. The zero-order valence-electron chi connectivity index (χ0n) is 12.5. The zero-order chi connectivity index (χ0) is 14.3. The quantitative estimate of drug-likeness (QED) is 0.754. The molecule has 3 heteroatoms. The Morgan fingerprint density at radius 1 is 1.37 bits per heavy atom. The molecule has 108 valence electrons. The second kappa shape index (κ2) is 7.88. The van der Waals surface area contributed by atoms with Crippen LogP contribution in [0.3, 0.4) is 0 Å². The van der Waals surface area contributed by atoms with E-state index >= 15 is 0 Å². The summed E-state index contributed by atoms with van der Waals surface area (Å²) < 4.78 is 5.50. The standard InChI is InChI=1S/C16H26ClNO/c1-5-11-18-15(9-10-16(2,3)19-4)13-7-6-8-14(17)12-13/h6-8,12,15,18H,5,9-11H2,1-4H3. The van der Waals surface area contributed by atoms with Crippen molar-refractivity contribution in [3.8, 4) is 0 Å². The summed E-state index contributed by atoms with van der Waals surface area (Å²) in [5, 5.41) is 4.39. The molecule has 0 spiro atoms. The summed E-state index contributed by atoms with van der Waals surface area (Å²) in [5.41, 5.74) is 1.18. The Kier molecular flexibility index (Phi) is 6.84. The molecular formula is C16H26ClNO. The molecule has 1 unspecified atom stereocenters. The molecule has 0 aliphatic rings. The van der Waals surface area contributed by atoms with Crippen molar-refractivity contribution in [1.82, 2.24) is 5.32 Å². The summed E-state index contributed by atoms with van der Waals surface area (Å²) in [6.07, 6.45) is 3.18. The first-order valence-electron chi connectivity index (χ1n) is 7.02. The van der Waals surface area contributed by atoms with Gasteiger partial charge in [-0.05, 0) is 57.4 Å². The maximum Gasteiger partial charge on any atom is 0.0623 e. The lowest BCUT2D eigenvalue weighted by Gasteiger charge is -2.27. The highest BCUT2D eigenvalue weighted by Gasteiger charge is 2.20. The van der Waals surface area contributed by atoms with Crippen LogP contribution in [0.1, 0.15) is 51.6 Å². The van der Waals surface area contributed by atoms with Gasteiger partial charge in [-0.2, -0.15) is 0 Å². The van der Waals surface area contributed by atoms with Gasteiger partial charge in [-0.25, -0.2) is 0 Å². The lowest BCUT2D eigenvalue weighted by Crippen LogP contribution is -2.27. The van der Waals surface area contributed by atoms with E-state index in [2.05, 4.69) is 38.2 Å². The molecule has 0 saturated heterocycles. The van der Waals surface area contributed by atoms with Gasteiger partial charge in [0.1, 0.15) is 0 Å². The van der Waals surface area contributed by atoms with E-state index in [-0.39, 0.29) is 5.60 Å². The zero-order valence-corrected chi connectivity index (χ0v) is 13.3. The van der Waals surface area contributed by atoms with E-state index in [4.69, 9.17) is 16.3 Å². The van der Waals surface area contributed by atoms with Crippen molar-refractivity contribution >= 4 is 11.6 Å². The summed E-state index contributed by atoms with van der Waals surface area (Å²) in [5.74, 6) is 0. The number of hydrogen-bond donors (Lipinski definition) is 1. The van der Waals surface area contributed by atoms with E-state index < -0.39 is 0 Å². The van der Waals surface area contributed by atoms with E-state index in [0.717, 1.165) is 30.8 Å². The van der Waals surface area contributed by atoms with Gasteiger partial charge < -0.3 is 10.1 Å². The van der Waals surface area contributed by atoms with Gasteiger partial charge >= 0.3 is 0 Å². The van der Waals surface area contributed by atoms with Crippen LogP contribution in [0.4, 0.5) is 0 Å². The van der Waals surface area contributed by atoms with Gasteiger partial charge in [-0.3, -0.25) is 0 Å². The SMILES string of the molecule is CCCNC(CCC(C)(C)OC)c1cccc(Cl)c1. The molecule has 1 aromatic carbocycles. The first-order chi connectivity index (χ1) is 8.98. The Balaban J connectivity index is 2.71. The molecule has 0 bridgehead atoms. The van der Waals surface area contributed by atoms with E-state index in [0.29, 0.717) is 6.04 Å². The van der Waals surface area contributed by atoms with E-state index in [1.54, 1.807) is 7.11 Å². The molecular weight excluding hydrogens is 258 g/mol. The Morgan fingerprint density at radius 3 is 2.68 bits per heavy atom. The maximum absolute atomic E-state index is 6.09. The average molecular weight is 284 g/mol. The summed E-state index contributed by atoms with van der Waals surface area (Å²) in [4.78, 5) is 0. The minimum Gasteiger partial charge on any atom is -0.379 e. The predicted octanol–water partition coefficient (Wildman–Crippen LogP) is 4.59. The topological polar surface area (TPSA) is 21.3 Å². The van der Waals surface area contributed by atoms with Crippen LogP contribution in [-0.4, -0.2) is 19.3 Å². The summed E-state index contributed by atoms with van der Waals surface area (Å²) in [7, 11) is 1.77. The molecule has 2 nitrogen and oxygen atoms in total. The fourth-order valence-corrected chi connectivity index (χ4v) is 2.22. The van der Waals surface area contributed by atoms with Crippen molar-refractivity contribution in [1.29, 1.82) is 0 Å². The molecule has 0 amide bonds. The Hall–Kier alpha value is -0.570. The summed E-state index contributed by atoms with van der Waals surface area (Å²) in [6.45, 7) is 7.45. The molecule has 1 aromatic rings. The van der Waals surface area contributed by atoms with Gasteiger partial charge in [0.05, 0.1) is 5.60 Å². The predicted molar refractivity (Wildman–Crippen MR) is 82.8 cm³/mol. The molecule has 0 aliphatic heterocycles. The third-order valence-corrected chi connectivity index (χ3v) is 3.71. The number of benzene rings is 1. The monoisotopic (exact) mass is 283 g/mol. The van der Waals surface area contributed by atoms with Crippen molar-refractivity contribution in [2.75, 3.05) is 13.7 Å². The highest BCUT2D eigenvalue weighted by atomic mass is 35.5. The van der Waals surface area contributed by atoms with Crippen molar-refractivity contribution in [3.63, 3.8) is 0 Å². The van der Waals surface area contributed by atoms with E-state index in [1.165, 1.54) is 5.56 Å². The molecule has 0 aromatic heterocycles. The highest BCUT2D eigenvalue weighted by Crippen LogP contribution is 2.26. The number of methoxy groups -OCH3 is 1. The van der Waals surface area contributed by atoms with Crippen LogP contribution < -0.4 is 5.32 Å². The van der Waals surface area contributed by atoms with Crippen molar-refractivity contribution < 1.29 is 4.74 Å². The van der Waals surface area contributed by atoms with Gasteiger partial charge in [0.2, 0.25) is 0 Å². The van der Waals surface area contributed by atoms with Crippen molar-refractivity contribution in [2.45, 2.75) is 51.7 Å². The molecule has 1 rings (SSSR count). The lowest BCUT2D eigenvalue weighted by atomic mass is 9.95. The number of halogens is 1. The van der Waals surface area contributed by atoms with Gasteiger partial charge in [0.15, 0.2) is 0 Å². The average Bonchev–Trinajstić information content (AvgIpc) is 2.39. The lowest BCUT2D eigenvalue weighted by molar-refractivity contribution is 0.0117. The number of nitrogens with one attached hydrogen (secondary N) is 1. The van der Waals surface area contributed by atoms with Crippen LogP contribution in [0.25, 0.3) is 0 Å². The van der Waals surface area contributed by atoms with E-state index in [9.17, 15) is 0 Å². The number of ether oxygens (including phenoxy) is 1. The van der Waals surface area contributed by atoms with Crippen molar-refractivity contribution in [3.05, 3.63) is 34.9 Å². The normalized spacial score (nSPS) is 13.5. The first kappa shape index (κ1) is 16.5. The molecule has 0 fully saturated rings. The molecule has 1 N–H and O–H groups in total. The minimum absolute atomic E-state index is 0.0787. The molecule has 0 aliphatic carbocycles. The number of rotatable bonds is 8. The number of hydrogen-bond acceptors (Lipinski definition) is 2. The second-order valence-electron chi connectivity index (χ2n) is 5.56. The molecule has 0 radical (unpaired) electrons. The Bertz CT molecular complexity index is 379. The molecule has 0 heterocycles. The van der Waals surface area contributed by atoms with E-state index in [1.807, 2.05) is 12.1 Å². The van der Waals surface area contributed by atoms with Crippen LogP contribution in [0, 0.1) is 0 Å².